The SMILES string of the molecule is CN=C(NCCOc1cccnc1)NCC(c1ccc(OC)c(OC)c1)N1CCOCC1.I. The van der Waals surface area contributed by atoms with Gasteiger partial charge in [0.25, 0.3) is 0 Å². The molecule has 33 heavy (non-hydrogen) atoms. The topological polar surface area (TPSA) is 89.5 Å². The summed E-state index contributed by atoms with van der Waals surface area (Å²) in [4.78, 5) is 10.8. The number of morpholine rings is 1. The summed E-state index contributed by atoms with van der Waals surface area (Å²) in [6.07, 6.45) is 3.42. The molecule has 182 valence electrons. The summed E-state index contributed by atoms with van der Waals surface area (Å²) >= 11 is 0. The minimum Gasteiger partial charge on any atom is -0.493 e. The van der Waals surface area contributed by atoms with E-state index in [1.807, 2.05) is 24.3 Å². The van der Waals surface area contributed by atoms with Crippen LogP contribution < -0.4 is 24.8 Å². The lowest BCUT2D eigenvalue weighted by molar-refractivity contribution is 0.0169. The van der Waals surface area contributed by atoms with E-state index in [1.165, 1.54) is 0 Å². The number of pyridine rings is 1. The van der Waals surface area contributed by atoms with Crippen molar-refractivity contribution in [2.45, 2.75) is 6.04 Å². The highest BCUT2D eigenvalue weighted by molar-refractivity contribution is 14.0. The summed E-state index contributed by atoms with van der Waals surface area (Å²) in [6, 6.07) is 9.94. The Morgan fingerprint density at radius 1 is 1.15 bits per heavy atom. The van der Waals surface area contributed by atoms with Gasteiger partial charge in [-0.25, -0.2) is 0 Å². The zero-order chi connectivity index (χ0) is 22.6. The minimum absolute atomic E-state index is 0. The predicted octanol–water partition coefficient (Wildman–Crippen LogP) is 2.33. The van der Waals surface area contributed by atoms with Crippen LogP contribution in [0, 0.1) is 0 Å². The average Bonchev–Trinajstić information content (AvgIpc) is 2.86. The number of aliphatic imine (C=N–C) groups is 1. The van der Waals surface area contributed by atoms with Gasteiger partial charge in [0, 0.05) is 32.9 Å². The molecule has 1 atom stereocenters. The molecule has 0 saturated carbocycles. The minimum atomic E-state index is 0. The van der Waals surface area contributed by atoms with Gasteiger partial charge in [0.15, 0.2) is 17.5 Å². The van der Waals surface area contributed by atoms with Crippen molar-refractivity contribution in [3.05, 3.63) is 48.3 Å². The van der Waals surface area contributed by atoms with Gasteiger partial charge in [0.2, 0.25) is 0 Å². The number of nitrogens with one attached hydrogen (secondary N) is 2. The van der Waals surface area contributed by atoms with Crippen molar-refractivity contribution in [3.63, 3.8) is 0 Å². The molecule has 10 heteroatoms. The van der Waals surface area contributed by atoms with E-state index in [0.29, 0.717) is 19.7 Å². The molecule has 2 aromatic rings. The zero-order valence-electron chi connectivity index (χ0n) is 19.5. The van der Waals surface area contributed by atoms with E-state index in [1.54, 1.807) is 33.7 Å². The van der Waals surface area contributed by atoms with Gasteiger partial charge in [-0.2, -0.15) is 0 Å². The Morgan fingerprint density at radius 3 is 2.61 bits per heavy atom. The summed E-state index contributed by atoms with van der Waals surface area (Å²) in [6.45, 7) is 4.99. The maximum Gasteiger partial charge on any atom is 0.191 e. The Kier molecular flexibility index (Phi) is 12.0. The number of methoxy groups -OCH3 is 2. The summed E-state index contributed by atoms with van der Waals surface area (Å²) in [5.41, 5.74) is 1.15. The number of guanidine groups is 1. The zero-order valence-corrected chi connectivity index (χ0v) is 21.8. The van der Waals surface area contributed by atoms with Crippen molar-refractivity contribution in [2.24, 2.45) is 4.99 Å². The number of ether oxygens (including phenoxy) is 4. The maximum absolute atomic E-state index is 5.68. The molecule has 9 nitrogen and oxygen atoms in total. The third kappa shape index (κ3) is 8.20. The lowest BCUT2D eigenvalue weighted by Crippen LogP contribution is -2.46. The Labute approximate surface area is 212 Å². The standard InChI is InChI=1S/C23H33N5O4.HI/c1-24-23(26-9-12-32-19-5-4-8-25-16-19)27-17-20(28-10-13-31-14-11-28)18-6-7-21(29-2)22(15-18)30-3;/h4-8,15-16,20H,9-14,17H2,1-3H3,(H2,24,26,27);1H. The third-order valence-electron chi connectivity index (χ3n) is 5.26. The number of benzene rings is 1. The number of aromatic nitrogens is 1. The first kappa shape index (κ1) is 26.9. The van der Waals surface area contributed by atoms with Gasteiger partial charge in [-0.1, -0.05) is 6.07 Å². The monoisotopic (exact) mass is 571 g/mol. The van der Waals surface area contributed by atoms with E-state index in [4.69, 9.17) is 18.9 Å². The summed E-state index contributed by atoms with van der Waals surface area (Å²) < 4.78 is 22.2. The van der Waals surface area contributed by atoms with Gasteiger partial charge < -0.3 is 29.6 Å². The Balaban J connectivity index is 0.00000385. The number of nitrogens with zero attached hydrogens (tertiary/aromatic N) is 3. The molecule has 2 N–H and O–H groups in total. The molecule has 1 fully saturated rings. The fourth-order valence-corrected chi connectivity index (χ4v) is 3.59. The second kappa shape index (κ2) is 14.8. The number of rotatable bonds is 10. The van der Waals surface area contributed by atoms with Crippen LogP contribution in [0.1, 0.15) is 11.6 Å². The van der Waals surface area contributed by atoms with Gasteiger partial charge in [-0.05, 0) is 29.8 Å². The second-order valence-electron chi connectivity index (χ2n) is 7.20. The maximum atomic E-state index is 5.68. The number of hydrogen-bond donors (Lipinski definition) is 2. The van der Waals surface area contributed by atoms with Crippen LogP contribution in [0.25, 0.3) is 0 Å². The van der Waals surface area contributed by atoms with Crippen LogP contribution in [0.5, 0.6) is 17.2 Å². The van der Waals surface area contributed by atoms with Crippen LogP contribution >= 0.6 is 24.0 Å². The van der Waals surface area contributed by atoms with Crippen LogP contribution in [-0.2, 0) is 4.74 Å². The highest BCUT2D eigenvalue weighted by Crippen LogP contribution is 2.32. The molecule has 1 aliphatic heterocycles. The van der Waals surface area contributed by atoms with Gasteiger partial charge in [0.05, 0.1) is 46.2 Å². The molecule has 1 aliphatic rings. The number of hydrogen-bond acceptors (Lipinski definition) is 7. The quantitative estimate of drug-likeness (QED) is 0.195. The Hall–Kier alpha value is -2.31. The summed E-state index contributed by atoms with van der Waals surface area (Å²) in [7, 11) is 5.06. The fraction of sp³-hybridized carbons (Fsp3) is 0.478. The lowest BCUT2D eigenvalue weighted by Gasteiger charge is -2.35. The van der Waals surface area contributed by atoms with E-state index in [-0.39, 0.29) is 30.0 Å². The fourth-order valence-electron chi connectivity index (χ4n) is 3.59. The van der Waals surface area contributed by atoms with E-state index in [9.17, 15) is 0 Å². The molecule has 0 radical (unpaired) electrons. The Bertz CT molecular complexity index is 850. The average molecular weight is 571 g/mol. The molecule has 1 saturated heterocycles. The van der Waals surface area contributed by atoms with Gasteiger partial charge >= 0.3 is 0 Å². The normalized spacial score (nSPS) is 15.2. The van der Waals surface area contributed by atoms with E-state index in [2.05, 4.69) is 31.6 Å². The molecular weight excluding hydrogens is 537 g/mol. The first-order valence-corrected chi connectivity index (χ1v) is 10.8. The Morgan fingerprint density at radius 2 is 1.94 bits per heavy atom. The molecule has 0 spiro atoms. The van der Waals surface area contributed by atoms with E-state index in [0.717, 1.165) is 55.1 Å². The molecule has 1 aromatic carbocycles. The van der Waals surface area contributed by atoms with Gasteiger partial charge in [-0.15, -0.1) is 24.0 Å². The second-order valence-corrected chi connectivity index (χ2v) is 7.20. The van der Waals surface area contributed by atoms with Crippen LogP contribution in [0.2, 0.25) is 0 Å². The molecule has 0 amide bonds. The molecular formula is C23H34IN5O4. The number of halogens is 1. The lowest BCUT2D eigenvalue weighted by atomic mass is 10.0. The summed E-state index contributed by atoms with van der Waals surface area (Å²) in [5.74, 6) is 2.91. The third-order valence-corrected chi connectivity index (χ3v) is 5.26. The highest BCUT2D eigenvalue weighted by atomic mass is 127. The van der Waals surface area contributed by atoms with Crippen LogP contribution in [0.15, 0.2) is 47.7 Å². The van der Waals surface area contributed by atoms with Crippen molar-refractivity contribution in [1.82, 2.24) is 20.5 Å². The first-order valence-electron chi connectivity index (χ1n) is 10.8. The first-order chi connectivity index (χ1) is 15.7. The summed E-state index contributed by atoms with van der Waals surface area (Å²) in [5, 5.41) is 6.74. The van der Waals surface area contributed by atoms with Gasteiger partial charge in [-0.3, -0.25) is 14.9 Å². The van der Waals surface area contributed by atoms with Crippen LogP contribution in [-0.4, -0.2) is 83.1 Å². The van der Waals surface area contributed by atoms with E-state index >= 15 is 0 Å². The smallest absolute Gasteiger partial charge is 0.191 e. The molecule has 0 aliphatic carbocycles. The van der Waals surface area contributed by atoms with Crippen molar-refractivity contribution in [1.29, 1.82) is 0 Å². The van der Waals surface area contributed by atoms with Crippen LogP contribution in [0.3, 0.4) is 0 Å². The van der Waals surface area contributed by atoms with Crippen molar-refractivity contribution >= 4 is 29.9 Å². The molecule has 3 rings (SSSR count). The van der Waals surface area contributed by atoms with Gasteiger partial charge in [0.1, 0.15) is 12.4 Å². The highest BCUT2D eigenvalue weighted by Gasteiger charge is 2.24. The van der Waals surface area contributed by atoms with Crippen molar-refractivity contribution in [3.8, 4) is 17.2 Å². The molecule has 1 aromatic heterocycles. The largest absolute Gasteiger partial charge is 0.493 e. The van der Waals surface area contributed by atoms with Crippen LogP contribution in [0.4, 0.5) is 0 Å². The molecule has 0 bridgehead atoms. The van der Waals surface area contributed by atoms with Crippen molar-refractivity contribution in [2.75, 3.05) is 67.3 Å². The molecule has 2 heterocycles. The predicted molar refractivity (Wildman–Crippen MR) is 139 cm³/mol. The van der Waals surface area contributed by atoms with Crippen molar-refractivity contribution < 1.29 is 18.9 Å². The van der Waals surface area contributed by atoms with E-state index < -0.39 is 0 Å². The molecule has 1 unspecified atom stereocenters.